The van der Waals surface area contributed by atoms with Gasteiger partial charge in [0.25, 0.3) is 0 Å². The van der Waals surface area contributed by atoms with E-state index >= 15 is 0 Å². The number of nitrogens with zero attached hydrogens (tertiary/aromatic N) is 4. The first kappa shape index (κ1) is 10.2. The quantitative estimate of drug-likeness (QED) is 0.518. The number of fused-ring (bicyclic) bond motifs is 3. The molecule has 19 heavy (non-hydrogen) atoms. The molecular weight excluding hydrogens is 236 g/mol. The summed E-state index contributed by atoms with van der Waals surface area (Å²) in [5.74, 6) is 0.812. The molecule has 2 heterocycles. The standard InChI is InChI=1S/C15H10N4/c1-2-6-11(7-3-1)15-17-13-9-5-4-8-12(13)14-10-16-18-19(14)15/h1-10H. The highest BCUT2D eigenvalue weighted by molar-refractivity contribution is 5.94. The molecule has 4 heteroatoms. The normalized spacial score (nSPS) is 11.2. The van der Waals surface area contributed by atoms with Gasteiger partial charge >= 0.3 is 0 Å². The van der Waals surface area contributed by atoms with E-state index in [9.17, 15) is 0 Å². The van der Waals surface area contributed by atoms with Gasteiger partial charge in [-0.2, -0.15) is 4.52 Å². The second kappa shape index (κ2) is 3.88. The van der Waals surface area contributed by atoms with Crippen molar-refractivity contribution >= 4 is 16.4 Å². The van der Waals surface area contributed by atoms with Gasteiger partial charge in [0.2, 0.25) is 0 Å². The average Bonchev–Trinajstić information content (AvgIpc) is 2.97. The molecule has 0 amide bonds. The van der Waals surface area contributed by atoms with E-state index in [0.717, 1.165) is 27.8 Å². The lowest BCUT2D eigenvalue weighted by molar-refractivity contribution is 0.849. The van der Waals surface area contributed by atoms with Crippen LogP contribution < -0.4 is 0 Å². The summed E-state index contributed by atoms with van der Waals surface area (Å²) in [4.78, 5) is 4.71. The largest absolute Gasteiger partial charge is 0.228 e. The molecule has 0 fully saturated rings. The molecule has 0 saturated carbocycles. The van der Waals surface area contributed by atoms with Crippen molar-refractivity contribution in [1.29, 1.82) is 0 Å². The van der Waals surface area contributed by atoms with Gasteiger partial charge in [-0.3, -0.25) is 0 Å². The van der Waals surface area contributed by atoms with E-state index in [-0.39, 0.29) is 0 Å². The Morgan fingerprint density at radius 2 is 1.63 bits per heavy atom. The van der Waals surface area contributed by atoms with Crippen molar-refractivity contribution in [3.8, 4) is 11.4 Å². The van der Waals surface area contributed by atoms with Crippen LogP contribution in [-0.4, -0.2) is 19.8 Å². The Labute approximate surface area is 109 Å². The van der Waals surface area contributed by atoms with Crippen LogP contribution in [0.5, 0.6) is 0 Å². The van der Waals surface area contributed by atoms with Gasteiger partial charge in [0.05, 0.1) is 17.2 Å². The molecule has 0 aliphatic heterocycles. The van der Waals surface area contributed by atoms with Crippen molar-refractivity contribution in [2.75, 3.05) is 0 Å². The maximum absolute atomic E-state index is 4.71. The van der Waals surface area contributed by atoms with Crippen LogP contribution in [0.1, 0.15) is 0 Å². The molecule has 2 aromatic heterocycles. The highest BCUT2D eigenvalue weighted by atomic mass is 15.4. The second-order valence-electron chi connectivity index (χ2n) is 4.35. The molecule has 90 valence electrons. The van der Waals surface area contributed by atoms with Crippen molar-refractivity contribution in [2.45, 2.75) is 0 Å². The first-order valence-electron chi connectivity index (χ1n) is 6.08. The summed E-state index contributed by atoms with van der Waals surface area (Å²) in [6.45, 7) is 0. The van der Waals surface area contributed by atoms with Gasteiger partial charge in [-0.05, 0) is 6.07 Å². The highest BCUT2D eigenvalue weighted by Crippen LogP contribution is 2.23. The monoisotopic (exact) mass is 246 g/mol. The average molecular weight is 246 g/mol. The predicted molar refractivity (Wildman–Crippen MR) is 73.7 cm³/mol. The van der Waals surface area contributed by atoms with E-state index in [1.165, 1.54) is 0 Å². The van der Waals surface area contributed by atoms with Crippen molar-refractivity contribution < 1.29 is 0 Å². The number of para-hydroxylation sites is 1. The molecule has 0 atom stereocenters. The maximum Gasteiger partial charge on any atom is 0.163 e. The van der Waals surface area contributed by atoms with Gasteiger partial charge in [0.1, 0.15) is 0 Å². The minimum atomic E-state index is 0.812. The molecule has 0 bridgehead atoms. The van der Waals surface area contributed by atoms with Gasteiger partial charge in [0.15, 0.2) is 5.82 Å². The lowest BCUT2D eigenvalue weighted by Gasteiger charge is -2.06. The third-order valence-electron chi connectivity index (χ3n) is 3.19. The molecule has 4 aromatic rings. The number of benzene rings is 2. The molecular formula is C15H10N4. The smallest absolute Gasteiger partial charge is 0.163 e. The fraction of sp³-hybridized carbons (Fsp3) is 0. The number of hydrogen-bond donors (Lipinski definition) is 0. The zero-order chi connectivity index (χ0) is 12.7. The lowest BCUT2D eigenvalue weighted by atomic mass is 10.1. The Bertz CT molecular complexity index is 865. The summed E-state index contributed by atoms with van der Waals surface area (Å²) in [6, 6.07) is 18.1. The van der Waals surface area contributed by atoms with Crippen LogP contribution in [0, 0.1) is 0 Å². The lowest BCUT2D eigenvalue weighted by Crippen LogP contribution is -1.98. The molecule has 4 rings (SSSR count). The molecule has 4 nitrogen and oxygen atoms in total. The molecule has 0 radical (unpaired) electrons. The third kappa shape index (κ3) is 1.50. The summed E-state index contributed by atoms with van der Waals surface area (Å²) in [5, 5.41) is 9.22. The van der Waals surface area contributed by atoms with Crippen LogP contribution in [0.3, 0.4) is 0 Å². The van der Waals surface area contributed by atoms with E-state index < -0.39 is 0 Å². The number of aromatic nitrogens is 4. The molecule has 0 N–H and O–H groups in total. The van der Waals surface area contributed by atoms with Gasteiger partial charge in [0, 0.05) is 10.9 Å². The van der Waals surface area contributed by atoms with Gasteiger partial charge in [-0.1, -0.05) is 53.7 Å². The topological polar surface area (TPSA) is 43.1 Å². The van der Waals surface area contributed by atoms with Crippen LogP contribution in [0.15, 0.2) is 60.8 Å². The molecule has 0 saturated heterocycles. The molecule has 0 aliphatic rings. The Morgan fingerprint density at radius 3 is 2.53 bits per heavy atom. The summed E-state index contributed by atoms with van der Waals surface area (Å²) in [6.07, 6.45) is 1.77. The van der Waals surface area contributed by atoms with E-state index in [2.05, 4.69) is 10.3 Å². The van der Waals surface area contributed by atoms with Crippen LogP contribution in [0.2, 0.25) is 0 Å². The predicted octanol–water partition coefficient (Wildman–Crippen LogP) is 2.94. The summed E-state index contributed by atoms with van der Waals surface area (Å²) < 4.78 is 1.79. The highest BCUT2D eigenvalue weighted by Gasteiger charge is 2.10. The Hall–Kier alpha value is -2.75. The van der Waals surface area contributed by atoms with Gasteiger partial charge in [-0.15, -0.1) is 5.10 Å². The van der Waals surface area contributed by atoms with Crippen LogP contribution in [-0.2, 0) is 0 Å². The molecule has 2 aromatic carbocycles. The van der Waals surface area contributed by atoms with E-state index in [0.29, 0.717) is 0 Å². The minimum absolute atomic E-state index is 0.812. The minimum Gasteiger partial charge on any atom is -0.228 e. The maximum atomic E-state index is 4.71. The summed E-state index contributed by atoms with van der Waals surface area (Å²) >= 11 is 0. The van der Waals surface area contributed by atoms with Crippen LogP contribution in [0.4, 0.5) is 0 Å². The van der Waals surface area contributed by atoms with Crippen LogP contribution >= 0.6 is 0 Å². The fourth-order valence-electron chi connectivity index (χ4n) is 2.30. The first-order valence-corrected chi connectivity index (χ1v) is 6.08. The SMILES string of the molecule is c1ccc(-c2nc3ccccc3c3cnnn23)cc1. The van der Waals surface area contributed by atoms with E-state index in [1.807, 2.05) is 54.6 Å². The fourth-order valence-corrected chi connectivity index (χ4v) is 2.30. The molecule has 0 aliphatic carbocycles. The Kier molecular flexibility index (Phi) is 2.08. The Morgan fingerprint density at radius 1 is 0.842 bits per heavy atom. The van der Waals surface area contributed by atoms with Crippen molar-refractivity contribution in [1.82, 2.24) is 19.8 Å². The zero-order valence-electron chi connectivity index (χ0n) is 10.1. The van der Waals surface area contributed by atoms with Gasteiger partial charge < -0.3 is 0 Å². The van der Waals surface area contributed by atoms with Crippen molar-refractivity contribution in [3.05, 3.63) is 60.8 Å². The number of hydrogen-bond acceptors (Lipinski definition) is 3. The van der Waals surface area contributed by atoms with E-state index in [1.54, 1.807) is 10.7 Å². The van der Waals surface area contributed by atoms with Gasteiger partial charge in [-0.25, -0.2) is 4.98 Å². The molecule has 0 spiro atoms. The number of rotatable bonds is 1. The van der Waals surface area contributed by atoms with Crippen molar-refractivity contribution in [2.24, 2.45) is 0 Å². The van der Waals surface area contributed by atoms with E-state index in [4.69, 9.17) is 4.98 Å². The summed E-state index contributed by atoms with van der Waals surface area (Å²) in [5.41, 5.74) is 2.96. The Balaban J connectivity index is 2.17. The molecule has 0 unspecified atom stereocenters. The first-order chi connectivity index (χ1) is 9.43. The summed E-state index contributed by atoms with van der Waals surface area (Å²) in [7, 11) is 0. The van der Waals surface area contributed by atoms with Crippen LogP contribution in [0.25, 0.3) is 27.8 Å². The van der Waals surface area contributed by atoms with Crippen molar-refractivity contribution in [3.63, 3.8) is 0 Å². The third-order valence-corrected chi connectivity index (χ3v) is 3.19. The zero-order valence-corrected chi connectivity index (χ0v) is 10.1. The second-order valence-corrected chi connectivity index (χ2v) is 4.35.